The van der Waals surface area contributed by atoms with Gasteiger partial charge in [-0.15, -0.1) is 0 Å². The van der Waals surface area contributed by atoms with E-state index in [-0.39, 0.29) is 11.9 Å². The minimum absolute atomic E-state index is 0.0625. The van der Waals surface area contributed by atoms with E-state index in [2.05, 4.69) is 29.2 Å². The van der Waals surface area contributed by atoms with Crippen LogP contribution in [0.2, 0.25) is 0 Å². The molecule has 0 unspecified atom stereocenters. The predicted molar refractivity (Wildman–Crippen MR) is 153 cm³/mol. The second-order valence-corrected chi connectivity index (χ2v) is 12.0. The Balaban J connectivity index is 1.19. The molecule has 1 fully saturated rings. The molecule has 198 valence electrons. The molecule has 7 heteroatoms. The molecule has 0 atom stereocenters. The maximum atomic E-state index is 13.7. The number of amides is 1. The summed E-state index contributed by atoms with van der Waals surface area (Å²) in [5.41, 5.74) is 4.72. The van der Waals surface area contributed by atoms with Gasteiger partial charge in [-0.25, -0.2) is 8.42 Å². The van der Waals surface area contributed by atoms with Crippen molar-refractivity contribution in [3.8, 4) is 0 Å². The van der Waals surface area contributed by atoms with Crippen LogP contribution in [0.15, 0.2) is 114 Å². The number of carbonyl (C=O) groups is 1. The third-order valence-electron chi connectivity index (χ3n) is 7.72. The molecule has 0 aliphatic carbocycles. The smallest absolute Gasteiger partial charge is 0.258 e. The lowest BCUT2D eigenvalue weighted by Gasteiger charge is -2.39. The number of piperazine rings is 1. The summed E-state index contributed by atoms with van der Waals surface area (Å²) >= 11 is 0. The first-order valence-corrected chi connectivity index (χ1v) is 14.8. The molecule has 0 radical (unpaired) electrons. The number of nitrogens with zero attached hydrogens (tertiary/aromatic N) is 3. The molecular weight excluding hydrogens is 506 g/mol. The topological polar surface area (TPSA) is 60.9 Å². The molecule has 0 spiro atoms. The van der Waals surface area contributed by atoms with E-state index in [4.69, 9.17) is 0 Å². The van der Waals surface area contributed by atoms with E-state index in [0.29, 0.717) is 49.6 Å². The van der Waals surface area contributed by atoms with E-state index < -0.39 is 10.0 Å². The van der Waals surface area contributed by atoms with Crippen LogP contribution in [0.25, 0.3) is 0 Å². The normalized spacial score (nSPS) is 16.4. The standard InChI is InChI=1S/C32H31N3O3S/c36-32(27-14-8-3-9-15-27)35-19-18-28-24-29(16-17-30(28)35)39(37,38)34-22-20-33(21-23-34)31(25-10-4-1-5-11-25)26-12-6-2-7-13-26/h1-17,24,31H,18-23H2. The van der Waals surface area contributed by atoms with Gasteiger partial charge in [0.2, 0.25) is 10.0 Å². The number of rotatable bonds is 6. The molecule has 0 saturated carbocycles. The summed E-state index contributed by atoms with van der Waals surface area (Å²) in [6.07, 6.45) is 0.640. The molecule has 1 saturated heterocycles. The Morgan fingerprint density at radius 3 is 1.82 bits per heavy atom. The highest BCUT2D eigenvalue weighted by atomic mass is 32.2. The Morgan fingerprint density at radius 1 is 0.667 bits per heavy atom. The van der Waals surface area contributed by atoms with E-state index >= 15 is 0 Å². The Bertz CT molecular complexity index is 1510. The van der Waals surface area contributed by atoms with Gasteiger partial charge in [0, 0.05) is 44.0 Å². The number of sulfonamides is 1. The van der Waals surface area contributed by atoms with Gasteiger partial charge in [0.25, 0.3) is 5.91 Å². The molecule has 2 heterocycles. The van der Waals surface area contributed by atoms with Crippen molar-refractivity contribution in [3.05, 3.63) is 131 Å². The van der Waals surface area contributed by atoms with Gasteiger partial charge in [0.15, 0.2) is 0 Å². The highest BCUT2D eigenvalue weighted by Crippen LogP contribution is 2.34. The van der Waals surface area contributed by atoms with E-state index in [0.717, 1.165) is 11.3 Å². The van der Waals surface area contributed by atoms with Gasteiger partial charge in [-0.3, -0.25) is 9.69 Å². The molecule has 0 bridgehead atoms. The number of benzene rings is 4. The van der Waals surface area contributed by atoms with Crippen molar-refractivity contribution < 1.29 is 13.2 Å². The first-order chi connectivity index (χ1) is 19.0. The lowest BCUT2D eigenvalue weighted by molar-refractivity contribution is 0.0989. The predicted octanol–water partition coefficient (Wildman–Crippen LogP) is 4.99. The molecular formula is C32H31N3O3S. The van der Waals surface area contributed by atoms with E-state index in [1.807, 2.05) is 54.6 Å². The average Bonchev–Trinajstić information content (AvgIpc) is 3.42. The Hall–Kier alpha value is -3.78. The molecule has 0 aromatic heterocycles. The third kappa shape index (κ3) is 5.01. The molecule has 1 amide bonds. The van der Waals surface area contributed by atoms with Gasteiger partial charge in [-0.1, -0.05) is 78.9 Å². The SMILES string of the molecule is O=C(c1ccccc1)N1CCc2cc(S(=O)(=O)N3CCN(C(c4ccccc4)c4ccccc4)CC3)ccc21. The van der Waals surface area contributed by atoms with Crippen molar-refractivity contribution in [1.29, 1.82) is 0 Å². The van der Waals surface area contributed by atoms with Crippen molar-refractivity contribution in [2.75, 3.05) is 37.6 Å². The molecule has 4 aromatic rings. The largest absolute Gasteiger partial charge is 0.308 e. The number of fused-ring (bicyclic) bond motifs is 1. The number of hydrogen-bond donors (Lipinski definition) is 0. The Kier molecular flexibility index (Phi) is 7.04. The number of anilines is 1. The van der Waals surface area contributed by atoms with Gasteiger partial charge in [0.1, 0.15) is 0 Å². The van der Waals surface area contributed by atoms with Crippen LogP contribution in [-0.4, -0.2) is 56.3 Å². The van der Waals surface area contributed by atoms with Gasteiger partial charge < -0.3 is 4.90 Å². The van der Waals surface area contributed by atoms with Gasteiger partial charge in [-0.2, -0.15) is 4.31 Å². The minimum atomic E-state index is -3.65. The zero-order chi connectivity index (χ0) is 26.8. The summed E-state index contributed by atoms with van der Waals surface area (Å²) in [7, 11) is -3.65. The highest BCUT2D eigenvalue weighted by Gasteiger charge is 2.34. The summed E-state index contributed by atoms with van der Waals surface area (Å²) in [5, 5.41) is 0. The average molecular weight is 538 g/mol. The zero-order valence-electron chi connectivity index (χ0n) is 21.7. The fourth-order valence-electron chi connectivity index (χ4n) is 5.72. The minimum Gasteiger partial charge on any atom is -0.308 e. The van der Waals surface area contributed by atoms with Crippen LogP contribution in [0.4, 0.5) is 5.69 Å². The van der Waals surface area contributed by atoms with Crippen LogP contribution in [-0.2, 0) is 16.4 Å². The quantitative estimate of drug-likeness (QED) is 0.348. The molecule has 39 heavy (non-hydrogen) atoms. The molecule has 0 N–H and O–H groups in total. The van der Waals surface area contributed by atoms with Gasteiger partial charge in [-0.05, 0) is 53.4 Å². The van der Waals surface area contributed by atoms with Gasteiger partial charge in [0.05, 0.1) is 10.9 Å². The number of hydrogen-bond acceptors (Lipinski definition) is 4. The lowest BCUT2D eigenvalue weighted by atomic mass is 9.96. The van der Waals surface area contributed by atoms with Crippen molar-refractivity contribution in [2.24, 2.45) is 0 Å². The van der Waals surface area contributed by atoms with Gasteiger partial charge >= 0.3 is 0 Å². The van der Waals surface area contributed by atoms with Crippen LogP contribution < -0.4 is 4.90 Å². The first kappa shape index (κ1) is 25.5. The highest BCUT2D eigenvalue weighted by molar-refractivity contribution is 7.89. The third-order valence-corrected chi connectivity index (χ3v) is 9.61. The van der Waals surface area contributed by atoms with Crippen LogP contribution >= 0.6 is 0 Å². The summed E-state index contributed by atoms with van der Waals surface area (Å²) < 4.78 is 28.9. The maximum absolute atomic E-state index is 13.7. The molecule has 6 rings (SSSR count). The van der Waals surface area contributed by atoms with Crippen molar-refractivity contribution in [1.82, 2.24) is 9.21 Å². The van der Waals surface area contributed by atoms with E-state index in [9.17, 15) is 13.2 Å². The second kappa shape index (κ2) is 10.8. The summed E-state index contributed by atoms with van der Waals surface area (Å²) in [5.74, 6) is -0.0625. The second-order valence-electron chi connectivity index (χ2n) is 10.0. The summed E-state index contributed by atoms with van der Waals surface area (Å²) in [4.78, 5) is 17.4. The zero-order valence-corrected chi connectivity index (χ0v) is 22.5. The molecule has 2 aliphatic rings. The Labute approximate surface area is 230 Å². The van der Waals surface area contributed by atoms with E-state index in [1.165, 1.54) is 11.1 Å². The number of carbonyl (C=O) groups excluding carboxylic acids is 1. The molecule has 4 aromatic carbocycles. The van der Waals surface area contributed by atoms with Crippen molar-refractivity contribution in [2.45, 2.75) is 17.4 Å². The van der Waals surface area contributed by atoms with Crippen molar-refractivity contribution >= 4 is 21.6 Å². The summed E-state index contributed by atoms with van der Waals surface area (Å²) in [6, 6.07) is 35.2. The van der Waals surface area contributed by atoms with Crippen LogP contribution in [0.5, 0.6) is 0 Å². The van der Waals surface area contributed by atoms with Crippen LogP contribution in [0.1, 0.15) is 33.1 Å². The molecule has 6 nitrogen and oxygen atoms in total. The summed E-state index contributed by atoms with van der Waals surface area (Å²) in [6.45, 7) is 2.67. The molecule has 2 aliphatic heterocycles. The Morgan fingerprint density at radius 2 is 1.23 bits per heavy atom. The first-order valence-electron chi connectivity index (χ1n) is 13.4. The monoisotopic (exact) mass is 537 g/mol. The van der Waals surface area contributed by atoms with E-state index in [1.54, 1.807) is 39.5 Å². The van der Waals surface area contributed by atoms with Crippen molar-refractivity contribution in [3.63, 3.8) is 0 Å². The maximum Gasteiger partial charge on any atom is 0.258 e. The fourth-order valence-corrected chi connectivity index (χ4v) is 7.20. The lowest BCUT2D eigenvalue weighted by Crippen LogP contribution is -2.49. The van der Waals surface area contributed by atoms with Crippen LogP contribution in [0.3, 0.4) is 0 Å². The fraction of sp³-hybridized carbons (Fsp3) is 0.219. The van der Waals surface area contributed by atoms with Crippen LogP contribution in [0, 0.1) is 0 Å².